The van der Waals surface area contributed by atoms with Gasteiger partial charge in [-0.15, -0.1) is 0 Å². The molecule has 1 atom stereocenters. The van der Waals surface area contributed by atoms with Gasteiger partial charge in [-0.1, -0.05) is 52.0 Å². The predicted molar refractivity (Wildman–Crippen MR) is 91.7 cm³/mol. The average molecular weight is 288 g/mol. The first-order chi connectivity index (χ1) is 10.0. The summed E-state index contributed by atoms with van der Waals surface area (Å²) in [5.41, 5.74) is 3.12. The van der Waals surface area contributed by atoms with Crippen molar-refractivity contribution in [1.82, 2.24) is 10.2 Å². The maximum absolute atomic E-state index is 3.55. The molecule has 118 valence electrons. The van der Waals surface area contributed by atoms with E-state index in [0.29, 0.717) is 6.04 Å². The zero-order valence-electron chi connectivity index (χ0n) is 14.3. The van der Waals surface area contributed by atoms with Gasteiger partial charge in [-0.3, -0.25) is 4.90 Å². The van der Waals surface area contributed by atoms with Gasteiger partial charge in [0.1, 0.15) is 0 Å². The van der Waals surface area contributed by atoms with E-state index in [-0.39, 0.29) is 5.41 Å². The van der Waals surface area contributed by atoms with Crippen molar-refractivity contribution in [2.75, 3.05) is 19.6 Å². The smallest absolute Gasteiger partial charge is 0.0237 e. The highest BCUT2D eigenvalue weighted by molar-refractivity contribution is 5.27. The third-order valence-electron chi connectivity index (χ3n) is 4.50. The van der Waals surface area contributed by atoms with Crippen molar-refractivity contribution < 1.29 is 0 Å². The lowest BCUT2D eigenvalue weighted by Crippen LogP contribution is -2.45. The lowest BCUT2D eigenvalue weighted by Gasteiger charge is -2.34. The molecule has 0 amide bonds. The van der Waals surface area contributed by atoms with Crippen LogP contribution < -0.4 is 5.32 Å². The lowest BCUT2D eigenvalue weighted by molar-refractivity contribution is 0.158. The fraction of sp³-hybridized carbons (Fsp3) is 0.684. The predicted octanol–water partition coefficient (Wildman–Crippen LogP) is 3.95. The van der Waals surface area contributed by atoms with Crippen molar-refractivity contribution in [1.29, 1.82) is 0 Å². The fourth-order valence-electron chi connectivity index (χ4n) is 3.17. The van der Waals surface area contributed by atoms with Crippen molar-refractivity contribution in [2.45, 2.75) is 65.0 Å². The summed E-state index contributed by atoms with van der Waals surface area (Å²) in [6.45, 7) is 13.7. The maximum atomic E-state index is 3.55. The quantitative estimate of drug-likeness (QED) is 0.882. The van der Waals surface area contributed by atoms with Gasteiger partial charge in [0.2, 0.25) is 0 Å². The van der Waals surface area contributed by atoms with Crippen LogP contribution in [0.25, 0.3) is 0 Å². The van der Waals surface area contributed by atoms with Crippen LogP contribution in [-0.4, -0.2) is 30.6 Å². The molecule has 2 nitrogen and oxygen atoms in total. The van der Waals surface area contributed by atoms with Crippen molar-refractivity contribution in [3.63, 3.8) is 0 Å². The molecule has 1 aliphatic rings. The van der Waals surface area contributed by atoms with Crippen LogP contribution in [0.15, 0.2) is 24.3 Å². The van der Waals surface area contributed by atoms with Crippen LogP contribution in [-0.2, 0) is 12.0 Å². The molecule has 0 radical (unpaired) electrons. The minimum absolute atomic E-state index is 0.245. The number of benzene rings is 1. The third kappa shape index (κ3) is 4.82. The SMILES string of the molecule is CCCN(Cc1ccc(C(C)(C)C)cc1)C1CCCNC1. The molecule has 1 saturated heterocycles. The number of hydrogen-bond donors (Lipinski definition) is 1. The monoisotopic (exact) mass is 288 g/mol. The Morgan fingerprint density at radius 2 is 1.90 bits per heavy atom. The number of piperidine rings is 1. The van der Waals surface area contributed by atoms with E-state index in [1.54, 1.807) is 0 Å². The van der Waals surface area contributed by atoms with Gasteiger partial charge in [0.15, 0.2) is 0 Å². The Bertz CT molecular complexity index is 410. The molecule has 1 aromatic rings. The van der Waals surface area contributed by atoms with Crippen LogP contribution in [0.4, 0.5) is 0 Å². The van der Waals surface area contributed by atoms with Crippen LogP contribution in [0.1, 0.15) is 58.1 Å². The van der Waals surface area contributed by atoms with Crippen LogP contribution in [0, 0.1) is 0 Å². The minimum atomic E-state index is 0.245. The van der Waals surface area contributed by atoms with Gasteiger partial charge in [-0.2, -0.15) is 0 Å². The first-order valence-corrected chi connectivity index (χ1v) is 8.55. The van der Waals surface area contributed by atoms with E-state index < -0.39 is 0 Å². The average Bonchev–Trinajstić information content (AvgIpc) is 2.47. The molecule has 1 aromatic carbocycles. The van der Waals surface area contributed by atoms with Gasteiger partial charge in [-0.05, 0) is 48.9 Å². The Balaban J connectivity index is 2.02. The second-order valence-corrected chi connectivity index (χ2v) is 7.42. The molecule has 0 saturated carbocycles. The van der Waals surface area contributed by atoms with Crippen LogP contribution in [0.2, 0.25) is 0 Å². The van der Waals surface area contributed by atoms with E-state index in [1.807, 2.05) is 0 Å². The molecule has 1 aliphatic heterocycles. The Kier molecular flexibility index (Phi) is 5.83. The van der Waals surface area contributed by atoms with E-state index in [2.05, 4.69) is 62.2 Å². The second kappa shape index (κ2) is 7.42. The molecule has 1 N–H and O–H groups in total. The molecular weight excluding hydrogens is 256 g/mol. The standard InChI is InChI=1S/C19H32N2/c1-5-13-21(18-7-6-12-20-14-18)15-16-8-10-17(11-9-16)19(2,3)4/h8-11,18,20H,5-7,12-15H2,1-4H3. The largest absolute Gasteiger partial charge is 0.315 e. The number of nitrogens with zero attached hydrogens (tertiary/aromatic N) is 1. The highest BCUT2D eigenvalue weighted by Crippen LogP contribution is 2.23. The molecule has 2 heteroatoms. The Morgan fingerprint density at radius 1 is 1.19 bits per heavy atom. The summed E-state index contributed by atoms with van der Waals surface area (Å²) in [7, 11) is 0. The van der Waals surface area contributed by atoms with Crippen LogP contribution >= 0.6 is 0 Å². The highest BCUT2D eigenvalue weighted by Gasteiger charge is 2.20. The summed E-state index contributed by atoms with van der Waals surface area (Å²) in [4.78, 5) is 2.66. The second-order valence-electron chi connectivity index (χ2n) is 7.42. The topological polar surface area (TPSA) is 15.3 Å². The zero-order chi connectivity index (χ0) is 15.3. The highest BCUT2D eigenvalue weighted by atomic mass is 15.2. The summed E-state index contributed by atoms with van der Waals surface area (Å²) in [6.07, 6.45) is 3.89. The molecule has 0 spiro atoms. The molecule has 0 aliphatic carbocycles. The summed E-state index contributed by atoms with van der Waals surface area (Å²) >= 11 is 0. The van der Waals surface area contributed by atoms with Crippen LogP contribution in [0.3, 0.4) is 0 Å². The summed E-state index contributed by atoms with van der Waals surface area (Å²) in [5, 5.41) is 3.55. The molecule has 0 bridgehead atoms. The summed E-state index contributed by atoms with van der Waals surface area (Å²) in [6, 6.07) is 9.96. The maximum Gasteiger partial charge on any atom is 0.0237 e. The molecule has 21 heavy (non-hydrogen) atoms. The summed E-state index contributed by atoms with van der Waals surface area (Å²) in [5.74, 6) is 0. The van der Waals surface area contributed by atoms with Crippen molar-refractivity contribution in [2.24, 2.45) is 0 Å². The molecule has 1 heterocycles. The van der Waals surface area contributed by atoms with E-state index in [4.69, 9.17) is 0 Å². The van der Waals surface area contributed by atoms with Gasteiger partial charge < -0.3 is 5.32 Å². The van der Waals surface area contributed by atoms with Crippen molar-refractivity contribution >= 4 is 0 Å². The molecule has 1 unspecified atom stereocenters. The zero-order valence-corrected chi connectivity index (χ0v) is 14.3. The van der Waals surface area contributed by atoms with Crippen LogP contribution in [0.5, 0.6) is 0 Å². The fourth-order valence-corrected chi connectivity index (χ4v) is 3.17. The van der Waals surface area contributed by atoms with Gasteiger partial charge >= 0.3 is 0 Å². The molecular formula is C19H32N2. The van der Waals surface area contributed by atoms with E-state index in [0.717, 1.165) is 13.1 Å². The van der Waals surface area contributed by atoms with Gasteiger partial charge in [0.05, 0.1) is 0 Å². The number of nitrogens with one attached hydrogen (secondary N) is 1. The molecule has 1 fully saturated rings. The lowest BCUT2D eigenvalue weighted by atomic mass is 9.86. The first-order valence-electron chi connectivity index (χ1n) is 8.55. The third-order valence-corrected chi connectivity index (χ3v) is 4.50. The van der Waals surface area contributed by atoms with E-state index >= 15 is 0 Å². The van der Waals surface area contributed by atoms with Gasteiger partial charge in [0.25, 0.3) is 0 Å². The normalized spacial score (nSPS) is 20.0. The Hall–Kier alpha value is -0.860. The number of rotatable bonds is 5. The Labute approximate surface area is 130 Å². The van der Waals surface area contributed by atoms with E-state index in [1.165, 1.54) is 43.5 Å². The first kappa shape index (κ1) is 16.5. The Morgan fingerprint density at radius 3 is 2.43 bits per heavy atom. The number of hydrogen-bond acceptors (Lipinski definition) is 2. The molecule has 2 rings (SSSR count). The minimum Gasteiger partial charge on any atom is -0.315 e. The molecule has 0 aromatic heterocycles. The van der Waals surface area contributed by atoms with Gasteiger partial charge in [-0.25, -0.2) is 0 Å². The van der Waals surface area contributed by atoms with Crippen molar-refractivity contribution in [3.8, 4) is 0 Å². The van der Waals surface area contributed by atoms with Gasteiger partial charge in [0, 0.05) is 19.1 Å². The summed E-state index contributed by atoms with van der Waals surface area (Å²) < 4.78 is 0. The van der Waals surface area contributed by atoms with E-state index in [9.17, 15) is 0 Å². The van der Waals surface area contributed by atoms with Crippen molar-refractivity contribution in [3.05, 3.63) is 35.4 Å².